The van der Waals surface area contributed by atoms with E-state index in [0.29, 0.717) is 6.61 Å². The largest absolute Gasteiger partial charge is 0.462 e. The van der Waals surface area contributed by atoms with Gasteiger partial charge in [-0.05, 0) is 25.0 Å². The van der Waals surface area contributed by atoms with Crippen LogP contribution in [0.5, 0.6) is 0 Å². The maximum atomic E-state index is 11.6. The Morgan fingerprint density at radius 1 is 1.39 bits per heavy atom. The molecule has 0 N–H and O–H groups in total. The lowest BCUT2D eigenvalue weighted by Gasteiger charge is -2.02. The molecule has 0 fully saturated rings. The summed E-state index contributed by atoms with van der Waals surface area (Å²) in [6, 6.07) is 9.48. The lowest BCUT2D eigenvalue weighted by atomic mass is 10.1. The van der Waals surface area contributed by atoms with E-state index in [-0.39, 0.29) is 5.57 Å². The predicted octanol–water partition coefficient (Wildman–Crippen LogP) is 3.25. The van der Waals surface area contributed by atoms with Crippen LogP contribution >= 0.6 is 0 Å². The SMILES string of the molecule is CCCCOC(=O)C(C#N)=Cc1ccc(C)cc1. The Balaban J connectivity index is 2.74. The average molecular weight is 243 g/mol. The molecule has 1 rings (SSSR count). The zero-order chi connectivity index (χ0) is 13.4. The first-order chi connectivity index (χ1) is 8.67. The van der Waals surface area contributed by atoms with E-state index >= 15 is 0 Å². The molecule has 1 aromatic rings. The van der Waals surface area contributed by atoms with E-state index in [0.717, 1.165) is 24.0 Å². The summed E-state index contributed by atoms with van der Waals surface area (Å²) < 4.78 is 5.00. The lowest BCUT2D eigenvalue weighted by molar-refractivity contribution is -0.138. The molecular weight excluding hydrogens is 226 g/mol. The van der Waals surface area contributed by atoms with Crippen LogP contribution < -0.4 is 0 Å². The normalized spacial score (nSPS) is 10.8. The molecule has 0 aliphatic heterocycles. The number of nitriles is 1. The molecule has 1 aromatic carbocycles. The van der Waals surface area contributed by atoms with Crippen molar-refractivity contribution in [2.24, 2.45) is 0 Å². The number of nitrogens with zero attached hydrogens (tertiary/aromatic N) is 1. The third kappa shape index (κ3) is 4.42. The van der Waals surface area contributed by atoms with Gasteiger partial charge in [0.25, 0.3) is 0 Å². The number of carbonyl (C=O) groups is 1. The van der Waals surface area contributed by atoms with Crippen molar-refractivity contribution in [3.8, 4) is 6.07 Å². The number of carbonyl (C=O) groups excluding carboxylic acids is 1. The standard InChI is InChI=1S/C15H17NO2/c1-3-4-9-18-15(17)14(11-16)10-13-7-5-12(2)6-8-13/h5-8,10H,3-4,9H2,1-2H3. The van der Waals surface area contributed by atoms with Crippen LogP contribution in [0.4, 0.5) is 0 Å². The van der Waals surface area contributed by atoms with Crippen molar-refractivity contribution in [2.45, 2.75) is 26.7 Å². The van der Waals surface area contributed by atoms with E-state index in [9.17, 15) is 4.79 Å². The van der Waals surface area contributed by atoms with Crippen LogP contribution in [0.25, 0.3) is 6.08 Å². The molecule has 3 nitrogen and oxygen atoms in total. The molecule has 0 atom stereocenters. The van der Waals surface area contributed by atoms with Crippen LogP contribution in [0.2, 0.25) is 0 Å². The molecular formula is C15H17NO2. The van der Waals surface area contributed by atoms with Gasteiger partial charge in [-0.25, -0.2) is 4.79 Å². The highest BCUT2D eigenvalue weighted by Crippen LogP contribution is 2.09. The van der Waals surface area contributed by atoms with Gasteiger partial charge >= 0.3 is 5.97 Å². The van der Waals surface area contributed by atoms with E-state index in [1.165, 1.54) is 0 Å². The van der Waals surface area contributed by atoms with Crippen LogP contribution in [0.3, 0.4) is 0 Å². The van der Waals surface area contributed by atoms with Crippen LogP contribution in [-0.2, 0) is 9.53 Å². The summed E-state index contributed by atoms with van der Waals surface area (Å²) in [6.07, 6.45) is 3.32. The molecule has 0 aromatic heterocycles. The van der Waals surface area contributed by atoms with Gasteiger partial charge in [0.1, 0.15) is 11.6 Å². The third-order valence-corrected chi connectivity index (χ3v) is 2.46. The number of rotatable bonds is 5. The topological polar surface area (TPSA) is 50.1 Å². The number of unbranched alkanes of at least 4 members (excludes halogenated alkanes) is 1. The van der Waals surface area contributed by atoms with Gasteiger partial charge in [0.15, 0.2) is 0 Å². The van der Waals surface area contributed by atoms with E-state index in [2.05, 4.69) is 0 Å². The van der Waals surface area contributed by atoms with Crippen molar-refractivity contribution >= 4 is 12.0 Å². The van der Waals surface area contributed by atoms with Gasteiger partial charge in [-0.3, -0.25) is 0 Å². The van der Waals surface area contributed by atoms with Crippen LogP contribution in [0, 0.1) is 18.3 Å². The van der Waals surface area contributed by atoms with Crippen molar-refractivity contribution in [3.63, 3.8) is 0 Å². The van der Waals surface area contributed by atoms with E-state index in [4.69, 9.17) is 10.00 Å². The average Bonchev–Trinajstić information content (AvgIpc) is 2.38. The Labute approximate surface area is 108 Å². The quantitative estimate of drug-likeness (QED) is 0.345. The highest BCUT2D eigenvalue weighted by Gasteiger charge is 2.09. The fraction of sp³-hybridized carbons (Fsp3) is 0.333. The second-order valence-electron chi connectivity index (χ2n) is 4.07. The van der Waals surface area contributed by atoms with Gasteiger partial charge < -0.3 is 4.74 Å². The Kier molecular flexibility index (Phi) is 5.66. The van der Waals surface area contributed by atoms with Crippen molar-refractivity contribution in [3.05, 3.63) is 41.0 Å². The van der Waals surface area contributed by atoms with Crippen LogP contribution in [0.1, 0.15) is 30.9 Å². The van der Waals surface area contributed by atoms with Crippen molar-refractivity contribution in [1.29, 1.82) is 5.26 Å². The molecule has 3 heteroatoms. The van der Waals surface area contributed by atoms with Gasteiger partial charge in [-0.2, -0.15) is 5.26 Å². The summed E-state index contributed by atoms with van der Waals surface area (Å²) in [5.41, 5.74) is 2.00. The van der Waals surface area contributed by atoms with Gasteiger partial charge in [0.05, 0.1) is 6.61 Å². The van der Waals surface area contributed by atoms with Crippen molar-refractivity contribution in [2.75, 3.05) is 6.61 Å². The smallest absolute Gasteiger partial charge is 0.348 e. The van der Waals surface area contributed by atoms with E-state index < -0.39 is 5.97 Å². The van der Waals surface area contributed by atoms with E-state index in [1.54, 1.807) is 6.08 Å². The highest BCUT2D eigenvalue weighted by molar-refractivity contribution is 5.97. The molecule has 0 saturated heterocycles. The molecule has 0 radical (unpaired) electrons. The zero-order valence-corrected chi connectivity index (χ0v) is 10.8. The molecule has 0 spiro atoms. The third-order valence-electron chi connectivity index (χ3n) is 2.46. The number of hydrogen-bond donors (Lipinski definition) is 0. The monoisotopic (exact) mass is 243 g/mol. The molecule has 0 saturated carbocycles. The first kappa shape index (κ1) is 14.0. The fourth-order valence-corrected chi connectivity index (χ4v) is 1.35. The van der Waals surface area contributed by atoms with E-state index in [1.807, 2.05) is 44.2 Å². The fourth-order valence-electron chi connectivity index (χ4n) is 1.35. The molecule has 0 unspecified atom stereocenters. The number of aryl methyl sites for hydroxylation is 1. The first-order valence-electron chi connectivity index (χ1n) is 6.03. The van der Waals surface area contributed by atoms with Crippen LogP contribution in [0.15, 0.2) is 29.8 Å². The Morgan fingerprint density at radius 2 is 2.06 bits per heavy atom. The molecule has 0 bridgehead atoms. The van der Waals surface area contributed by atoms with Gasteiger partial charge in [0.2, 0.25) is 0 Å². The Hall–Kier alpha value is -2.08. The molecule has 18 heavy (non-hydrogen) atoms. The summed E-state index contributed by atoms with van der Waals surface area (Å²) in [4.78, 5) is 11.6. The number of hydrogen-bond acceptors (Lipinski definition) is 3. The minimum atomic E-state index is -0.550. The molecule has 0 aliphatic carbocycles. The van der Waals surface area contributed by atoms with Gasteiger partial charge in [-0.15, -0.1) is 0 Å². The number of esters is 1. The maximum absolute atomic E-state index is 11.6. The summed E-state index contributed by atoms with van der Waals surface area (Å²) in [5.74, 6) is -0.550. The minimum absolute atomic E-state index is 0.0370. The second kappa shape index (κ2) is 7.29. The summed E-state index contributed by atoms with van der Waals surface area (Å²) in [6.45, 7) is 4.36. The van der Waals surface area contributed by atoms with Crippen molar-refractivity contribution in [1.82, 2.24) is 0 Å². The number of ether oxygens (including phenoxy) is 1. The Morgan fingerprint density at radius 3 is 2.61 bits per heavy atom. The maximum Gasteiger partial charge on any atom is 0.348 e. The van der Waals surface area contributed by atoms with Crippen LogP contribution in [-0.4, -0.2) is 12.6 Å². The lowest BCUT2D eigenvalue weighted by Crippen LogP contribution is -2.07. The molecule has 0 aliphatic rings. The first-order valence-corrected chi connectivity index (χ1v) is 6.03. The zero-order valence-electron chi connectivity index (χ0n) is 10.8. The predicted molar refractivity (Wildman–Crippen MR) is 70.6 cm³/mol. The molecule has 0 heterocycles. The highest BCUT2D eigenvalue weighted by atomic mass is 16.5. The van der Waals surface area contributed by atoms with Gasteiger partial charge in [-0.1, -0.05) is 43.2 Å². The summed E-state index contributed by atoms with van der Waals surface area (Å²) >= 11 is 0. The summed E-state index contributed by atoms with van der Waals surface area (Å²) in [5, 5.41) is 8.95. The molecule has 0 amide bonds. The van der Waals surface area contributed by atoms with Crippen molar-refractivity contribution < 1.29 is 9.53 Å². The Bertz CT molecular complexity index is 466. The second-order valence-corrected chi connectivity index (χ2v) is 4.07. The number of benzene rings is 1. The van der Waals surface area contributed by atoms with Gasteiger partial charge in [0, 0.05) is 0 Å². The summed E-state index contributed by atoms with van der Waals surface area (Å²) in [7, 11) is 0. The molecule has 94 valence electrons. The minimum Gasteiger partial charge on any atom is -0.462 e.